The number of aromatic nitrogens is 2. The van der Waals surface area contributed by atoms with Gasteiger partial charge in [0.25, 0.3) is 0 Å². The lowest BCUT2D eigenvalue weighted by atomic mass is 9.84. The highest BCUT2D eigenvalue weighted by Crippen LogP contribution is 2.32. The molecule has 4 rings (SSSR count). The first kappa shape index (κ1) is 20.6. The van der Waals surface area contributed by atoms with Crippen molar-refractivity contribution in [2.75, 3.05) is 25.1 Å². The number of aliphatic hydroxyl groups is 1. The predicted molar refractivity (Wildman–Crippen MR) is 116 cm³/mol. The summed E-state index contributed by atoms with van der Waals surface area (Å²) in [4.78, 5) is 8.98. The molecule has 0 amide bonds. The molecule has 3 heterocycles. The molecule has 0 radical (unpaired) electrons. The van der Waals surface area contributed by atoms with Gasteiger partial charge in [0, 0.05) is 55.2 Å². The van der Waals surface area contributed by atoms with Gasteiger partial charge in [0.05, 0.1) is 16.8 Å². The highest BCUT2D eigenvalue weighted by atomic mass is 35.5. The normalized spacial score (nSPS) is 23.1. The van der Waals surface area contributed by atoms with Crippen LogP contribution in [0, 0.1) is 11.8 Å². The molecule has 0 bridgehead atoms. The minimum Gasteiger partial charge on any atom is -0.393 e. The lowest BCUT2D eigenvalue weighted by Crippen LogP contribution is -2.22. The van der Waals surface area contributed by atoms with E-state index in [1.165, 1.54) is 0 Å². The van der Waals surface area contributed by atoms with Crippen LogP contribution in [0.15, 0.2) is 30.7 Å². The van der Waals surface area contributed by atoms with E-state index in [0.29, 0.717) is 16.9 Å². The van der Waals surface area contributed by atoms with E-state index in [0.717, 1.165) is 87.2 Å². The van der Waals surface area contributed by atoms with E-state index in [1.807, 2.05) is 12.4 Å². The Bertz CT molecular complexity index is 802. The van der Waals surface area contributed by atoms with E-state index >= 15 is 0 Å². The Morgan fingerprint density at radius 1 is 1.00 bits per heavy atom. The Balaban J connectivity index is 1.44. The van der Waals surface area contributed by atoms with Crippen LogP contribution in [-0.4, -0.2) is 40.9 Å². The second-order valence-electron chi connectivity index (χ2n) is 8.43. The summed E-state index contributed by atoms with van der Waals surface area (Å²) in [5, 5.41) is 13.9. The summed E-state index contributed by atoms with van der Waals surface area (Å²) >= 11 is 6.49. The Hall–Kier alpha value is -1.69. The maximum atomic E-state index is 9.72. The average Bonchev–Trinajstić information content (AvgIpc) is 2.76. The van der Waals surface area contributed by atoms with Crippen molar-refractivity contribution in [3.8, 4) is 11.1 Å². The highest BCUT2D eigenvalue weighted by Gasteiger charge is 2.20. The number of rotatable bonds is 6. The molecule has 5 nitrogen and oxygen atoms in total. The zero-order chi connectivity index (χ0) is 20.1. The average molecular weight is 416 g/mol. The number of hydrogen-bond acceptors (Lipinski definition) is 5. The Morgan fingerprint density at radius 3 is 2.59 bits per heavy atom. The van der Waals surface area contributed by atoms with Gasteiger partial charge >= 0.3 is 0 Å². The molecule has 1 saturated heterocycles. The number of aliphatic hydroxyl groups excluding tert-OH is 1. The molecule has 1 aliphatic carbocycles. The van der Waals surface area contributed by atoms with Crippen LogP contribution in [0.1, 0.15) is 44.2 Å². The second-order valence-corrected chi connectivity index (χ2v) is 8.84. The second kappa shape index (κ2) is 9.88. The Labute approximate surface area is 177 Å². The summed E-state index contributed by atoms with van der Waals surface area (Å²) in [6, 6.07) is 4.22. The molecule has 156 valence electrons. The molecule has 2 aromatic heterocycles. The highest BCUT2D eigenvalue weighted by molar-refractivity contribution is 6.33. The third-order valence-corrected chi connectivity index (χ3v) is 6.51. The maximum Gasteiger partial charge on any atom is 0.0668 e. The van der Waals surface area contributed by atoms with E-state index in [9.17, 15) is 5.11 Å². The molecule has 1 aliphatic heterocycles. The monoisotopic (exact) mass is 415 g/mol. The summed E-state index contributed by atoms with van der Waals surface area (Å²) in [7, 11) is 0. The number of nitrogens with zero attached hydrogens (tertiary/aromatic N) is 2. The molecule has 0 atom stereocenters. The van der Waals surface area contributed by atoms with Crippen LogP contribution in [0.3, 0.4) is 0 Å². The molecule has 2 aromatic rings. The van der Waals surface area contributed by atoms with Crippen LogP contribution >= 0.6 is 11.6 Å². The fourth-order valence-electron chi connectivity index (χ4n) is 4.36. The Kier molecular flexibility index (Phi) is 7.01. The van der Waals surface area contributed by atoms with Crippen molar-refractivity contribution in [2.24, 2.45) is 11.8 Å². The largest absolute Gasteiger partial charge is 0.393 e. The van der Waals surface area contributed by atoms with Crippen molar-refractivity contribution in [1.29, 1.82) is 0 Å². The zero-order valence-electron chi connectivity index (χ0n) is 16.8. The molecular weight excluding hydrogens is 386 g/mol. The van der Waals surface area contributed by atoms with Gasteiger partial charge in [-0.3, -0.25) is 9.97 Å². The predicted octanol–water partition coefficient (Wildman–Crippen LogP) is 4.73. The van der Waals surface area contributed by atoms with Gasteiger partial charge in [0.15, 0.2) is 0 Å². The van der Waals surface area contributed by atoms with Crippen LogP contribution in [0.5, 0.6) is 0 Å². The summed E-state index contributed by atoms with van der Waals surface area (Å²) < 4.78 is 5.44. The van der Waals surface area contributed by atoms with Crippen molar-refractivity contribution in [2.45, 2.75) is 51.0 Å². The molecule has 2 N–H and O–H groups in total. The van der Waals surface area contributed by atoms with Crippen molar-refractivity contribution < 1.29 is 9.84 Å². The van der Waals surface area contributed by atoms with Gasteiger partial charge < -0.3 is 15.2 Å². The lowest BCUT2D eigenvalue weighted by molar-refractivity contribution is 0.0699. The van der Waals surface area contributed by atoms with E-state index < -0.39 is 0 Å². The molecule has 0 aromatic carbocycles. The fourth-order valence-corrected chi connectivity index (χ4v) is 4.57. The van der Waals surface area contributed by atoms with Crippen LogP contribution in [0.2, 0.25) is 5.02 Å². The van der Waals surface area contributed by atoms with Gasteiger partial charge in [-0.05, 0) is 68.9 Å². The quantitative estimate of drug-likeness (QED) is 0.713. The first-order valence-electron chi connectivity index (χ1n) is 10.8. The maximum absolute atomic E-state index is 9.72. The summed E-state index contributed by atoms with van der Waals surface area (Å²) in [6.45, 7) is 2.66. The summed E-state index contributed by atoms with van der Waals surface area (Å²) in [5.74, 6) is 1.24. The molecule has 6 heteroatoms. The SMILES string of the molecule is OC1CCC(Cc2cc(-c3cncc(NCC4CCOCC4)c3)c(Cl)cn2)CC1. The van der Waals surface area contributed by atoms with Crippen molar-refractivity contribution in [3.63, 3.8) is 0 Å². The van der Waals surface area contributed by atoms with Crippen LogP contribution < -0.4 is 5.32 Å². The molecule has 1 saturated carbocycles. The van der Waals surface area contributed by atoms with Crippen molar-refractivity contribution in [1.82, 2.24) is 9.97 Å². The van der Waals surface area contributed by atoms with Crippen molar-refractivity contribution in [3.05, 3.63) is 41.4 Å². The van der Waals surface area contributed by atoms with Gasteiger partial charge in [-0.2, -0.15) is 0 Å². The van der Waals surface area contributed by atoms with Crippen LogP contribution in [-0.2, 0) is 11.2 Å². The molecule has 0 spiro atoms. The van der Waals surface area contributed by atoms with E-state index in [4.69, 9.17) is 16.3 Å². The number of halogens is 1. The number of hydrogen-bond donors (Lipinski definition) is 2. The Morgan fingerprint density at radius 2 is 1.79 bits per heavy atom. The number of ether oxygens (including phenoxy) is 1. The molecular formula is C23H30ClN3O2. The smallest absolute Gasteiger partial charge is 0.0668 e. The third-order valence-electron chi connectivity index (χ3n) is 6.21. The van der Waals surface area contributed by atoms with Crippen LogP contribution in [0.25, 0.3) is 11.1 Å². The van der Waals surface area contributed by atoms with E-state index in [2.05, 4.69) is 27.4 Å². The molecule has 2 aliphatic rings. The number of anilines is 1. The fraction of sp³-hybridized carbons (Fsp3) is 0.565. The topological polar surface area (TPSA) is 67.3 Å². The molecule has 0 unspecified atom stereocenters. The zero-order valence-corrected chi connectivity index (χ0v) is 17.6. The van der Waals surface area contributed by atoms with E-state index in [-0.39, 0.29) is 6.10 Å². The van der Waals surface area contributed by atoms with Gasteiger partial charge in [-0.1, -0.05) is 11.6 Å². The van der Waals surface area contributed by atoms with Crippen LogP contribution in [0.4, 0.5) is 5.69 Å². The summed E-state index contributed by atoms with van der Waals surface area (Å²) in [6.07, 6.45) is 12.4. The lowest BCUT2D eigenvalue weighted by Gasteiger charge is -2.25. The minimum absolute atomic E-state index is 0.123. The van der Waals surface area contributed by atoms with Crippen molar-refractivity contribution >= 4 is 17.3 Å². The standard InChI is InChI=1S/C23H30ClN3O2/c24-23-15-27-19(9-16-1-3-21(28)4-2-16)11-22(23)18-10-20(14-25-13-18)26-12-17-5-7-29-8-6-17/h10-11,13-17,21,26,28H,1-9,12H2. The van der Waals surface area contributed by atoms with Gasteiger partial charge in [0.1, 0.15) is 0 Å². The number of nitrogens with one attached hydrogen (secondary N) is 1. The van der Waals surface area contributed by atoms with Gasteiger partial charge in [-0.25, -0.2) is 0 Å². The van der Waals surface area contributed by atoms with E-state index in [1.54, 1.807) is 6.20 Å². The van der Waals surface area contributed by atoms with Gasteiger partial charge in [-0.15, -0.1) is 0 Å². The number of pyridine rings is 2. The molecule has 29 heavy (non-hydrogen) atoms. The first-order valence-corrected chi connectivity index (χ1v) is 11.1. The molecule has 2 fully saturated rings. The van der Waals surface area contributed by atoms with Gasteiger partial charge in [0.2, 0.25) is 0 Å². The summed E-state index contributed by atoms with van der Waals surface area (Å²) in [5.41, 5.74) is 4.07. The third kappa shape index (κ3) is 5.68. The first-order chi connectivity index (χ1) is 14.2. The minimum atomic E-state index is -0.123.